The molecule has 2 aromatic carbocycles. The molecule has 1 fully saturated rings. The molecule has 1 aliphatic rings. The minimum atomic E-state index is -0.728. The molecule has 0 bridgehead atoms. The monoisotopic (exact) mass is 436 g/mol. The number of benzene rings is 2. The van der Waals surface area contributed by atoms with Crippen molar-refractivity contribution in [2.45, 2.75) is 25.4 Å². The maximum absolute atomic E-state index is 12.8. The van der Waals surface area contributed by atoms with Gasteiger partial charge in [-0.05, 0) is 48.7 Å². The third kappa shape index (κ3) is 3.58. The topological polar surface area (TPSA) is 71.3 Å². The van der Waals surface area contributed by atoms with Gasteiger partial charge in [0.25, 0.3) is 11.7 Å². The Kier molecular flexibility index (Phi) is 5.00. The number of Topliss-reactive ketones (excluding diaryl/α,β-unsaturated/α-hetero) is 1. The minimum Gasteiger partial charge on any atom is -0.508 e. The summed E-state index contributed by atoms with van der Waals surface area (Å²) in [6.07, 6.45) is 1.73. The average molecular weight is 438 g/mol. The highest BCUT2D eigenvalue weighted by Gasteiger charge is 2.31. The molecule has 1 heterocycles. The van der Waals surface area contributed by atoms with Crippen LogP contribution in [0.4, 0.5) is 0 Å². The number of phenols is 1. The van der Waals surface area contributed by atoms with E-state index in [0.717, 1.165) is 18.4 Å². The summed E-state index contributed by atoms with van der Waals surface area (Å²) in [6, 6.07) is 9.73. The molecule has 0 atom stereocenters. The van der Waals surface area contributed by atoms with Crippen molar-refractivity contribution >= 4 is 57.4 Å². The molecule has 0 radical (unpaired) electrons. The number of amides is 1. The number of fused-ring (bicyclic) bond motifs is 1. The molecule has 1 saturated carbocycles. The molecule has 0 unspecified atom stereocenters. The zero-order chi connectivity index (χ0) is 20.0. The van der Waals surface area contributed by atoms with E-state index in [2.05, 4.69) is 5.32 Å². The van der Waals surface area contributed by atoms with Crippen LogP contribution >= 0.6 is 34.8 Å². The van der Waals surface area contributed by atoms with Gasteiger partial charge in [0.15, 0.2) is 0 Å². The normalized spacial score (nSPS) is 13.7. The summed E-state index contributed by atoms with van der Waals surface area (Å²) in [5, 5.41) is 14.1. The van der Waals surface area contributed by atoms with Crippen molar-refractivity contribution in [3.63, 3.8) is 0 Å². The standard InChI is InChI=1S/C20H15Cl3N2O3/c21-11-2-1-10(15(22)7-11)9-25-16-6-5-13(26)8-14(16)17(19(25)23)18(27)20(28)24-12-3-4-12/h1-2,5-8,12,26H,3-4,9H2,(H,24,28). The number of nitrogens with zero attached hydrogens (tertiary/aromatic N) is 1. The highest BCUT2D eigenvalue weighted by atomic mass is 35.5. The molecular weight excluding hydrogens is 423 g/mol. The molecule has 0 spiro atoms. The van der Waals surface area contributed by atoms with Gasteiger partial charge in [0, 0.05) is 21.5 Å². The predicted octanol–water partition coefficient (Wildman–Crippen LogP) is 4.82. The van der Waals surface area contributed by atoms with Gasteiger partial charge in [0.1, 0.15) is 10.9 Å². The first-order valence-corrected chi connectivity index (χ1v) is 9.78. The fourth-order valence-corrected chi connectivity index (χ4v) is 3.90. The number of halogens is 3. The highest BCUT2D eigenvalue weighted by Crippen LogP contribution is 2.35. The number of rotatable bonds is 5. The summed E-state index contributed by atoms with van der Waals surface area (Å²) in [5.74, 6) is -1.45. The van der Waals surface area contributed by atoms with Gasteiger partial charge in [-0.1, -0.05) is 40.9 Å². The molecule has 1 aromatic heterocycles. The number of hydrogen-bond acceptors (Lipinski definition) is 3. The second kappa shape index (κ2) is 7.32. The van der Waals surface area contributed by atoms with Gasteiger partial charge in [-0.15, -0.1) is 0 Å². The van der Waals surface area contributed by atoms with Crippen LogP contribution in [0, 0.1) is 0 Å². The number of hydrogen-bond donors (Lipinski definition) is 2. The number of aromatic hydroxyl groups is 1. The van der Waals surface area contributed by atoms with Gasteiger partial charge in [-0.3, -0.25) is 9.59 Å². The number of aromatic nitrogens is 1. The Morgan fingerprint density at radius 2 is 1.86 bits per heavy atom. The number of phenolic OH excluding ortho intramolecular Hbond substituents is 1. The van der Waals surface area contributed by atoms with Crippen molar-refractivity contribution in [3.8, 4) is 5.75 Å². The molecule has 1 aliphatic carbocycles. The summed E-state index contributed by atoms with van der Waals surface area (Å²) >= 11 is 18.8. The molecule has 28 heavy (non-hydrogen) atoms. The Morgan fingerprint density at radius 3 is 2.54 bits per heavy atom. The van der Waals surface area contributed by atoms with Gasteiger partial charge in [0.2, 0.25) is 0 Å². The summed E-state index contributed by atoms with van der Waals surface area (Å²) in [5.41, 5.74) is 1.42. The van der Waals surface area contributed by atoms with Gasteiger partial charge >= 0.3 is 0 Å². The van der Waals surface area contributed by atoms with E-state index >= 15 is 0 Å². The van der Waals surface area contributed by atoms with Crippen molar-refractivity contribution in [1.82, 2.24) is 9.88 Å². The van der Waals surface area contributed by atoms with E-state index in [0.29, 0.717) is 20.9 Å². The molecule has 2 N–H and O–H groups in total. The molecule has 144 valence electrons. The predicted molar refractivity (Wildman–Crippen MR) is 110 cm³/mol. The van der Waals surface area contributed by atoms with Crippen LogP contribution in [0.25, 0.3) is 10.9 Å². The first-order valence-electron chi connectivity index (χ1n) is 8.65. The second-order valence-corrected chi connectivity index (χ2v) is 7.97. The van der Waals surface area contributed by atoms with E-state index in [1.165, 1.54) is 12.1 Å². The molecule has 0 saturated heterocycles. The van der Waals surface area contributed by atoms with Crippen molar-refractivity contribution in [2.24, 2.45) is 0 Å². The van der Waals surface area contributed by atoms with Crippen LogP contribution < -0.4 is 5.32 Å². The van der Waals surface area contributed by atoms with Gasteiger partial charge < -0.3 is 15.0 Å². The molecule has 5 nitrogen and oxygen atoms in total. The van der Waals surface area contributed by atoms with Crippen molar-refractivity contribution in [1.29, 1.82) is 0 Å². The van der Waals surface area contributed by atoms with E-state index in [-0.39, 0.29) is 29.1 Å². The quantitative estimate of drug-likeness (QED) is 0.444. The molecule has 0 aliphatic heterocycles. The SMILES string of the molecule is O=C(NC1CC1)C(=O)c1c(Cl)n(Cc2ccc(Cl)cc2Cl)c2ccc(O)cc12. The molecule has 1 amide bonds. The van der Waals surface area contributed by atoms with Crippen LogP contribution in [0.3, 0.4) is 0 Å². The van der Waals surface area contributed by atoms with E-state index in [1.54, 1.807) is 28.8 Å². The minimum absolute atomic E-state index is 0.0255. The number of ketones is 1. The summed E-state index contributed by atoms with van der Waals surface area (Å²) < 4.78 is 1.68. The van der Waals surface area contributed by atoms with Crippen LogP contribution in [0.1, 0.15) is 28.8 Å². The zero-order valence-corrected chi connectivity index (χ0v) is 16.8. The number of carbonyl (C=O) groups excluding carboxylic acids is 2. The largest absolute Gasteiger partial charge is 0.508 e. The van der Waals surface area contributed by atoms with Gasteiger partial charge in [0.05, 0.1) is 17.6 Å². The van der Waals surface area contributed by atoms with E-state index in [9.17, 15) is 14.7 Å². The molecule has 3 aromatic rings. The van der Waals surface area contributed by atoms with Crippen LogP contribution in [-0.4, -0.2) is 27.4 Å². The molecular formula is C20H15Cl3N2O3. The number of carbonyl (C=O) groups is 2. The Morgan fingerprint density at radius 1 is 1.11 bits per heavy atom. The van der Waals surface area contributed by atoms with Crippen LogP contribution in [0.5, 0.6) is 5.75 Å². The first-order chi connectivity index (χ1) is 13.3. The smallest absolute Gasteiger partial charge is 0.292 e. The summed E-state index contributed by atoms with van der Waals surface area (Å²) in [6.45, 7) is 0.271. The lowest BCUT2D eigenvalue weighted by Gasteiger charge is -2.10. The van der Waals surface area contributed by atoms with Crippen LogP contribution in [0.15, 0.2) is 36.4 Å². The Bertz CT molecular complexity index is 1120. The maximum Gasteiger partial charge on any atom is 0.292 e. The van der Waals surface area contributed by atoms with E-state index < -0.39 is 11.7 Å². The lowest BCUT2D eigenvalue weighted by molar-refractivity contribution is -0.117. The summed E-state index contributed by atoms with van der Waals surface area (Å²) in [7, 11) is 0. The lowest BCUT2D eigenvalue weighted by atomic mass is 10.1. The summed E-state index contributed by atoms with van der Waals surface area (Å²) in [4.78, 5) is 25.1. The highest BCUT2D eigenvalue weighted by molar-refractivity contribution is 6.49. The number of nitrogens with one attached hydrogen (secondary N) is 1. The van der Waals surface area contributed by atoms with Gasteiger partial charge in [-0.2, -0.15) is 0 Å². The maximum atomic E-state index is 12.8. The van der Waals surface area contributed by atoms with E-state index in [4.69, 9.17) is 34.8 Å². The van der Waals surface area contributed by atoms with E-state index in [1.807, 2.05) is 0 Å². The molecule has 4 rings (SSSR count). The Hall–Kier alpha value is -2.21. The Balaban J connectivity index is 1.81. The zero-order valence-electron chi connectivity index (χ0n) is 14.5. The molecule has 8 heteroatoms. The fourth-order valence-electron chi connectivity index (χ4n) is 3.09. The second-order valence-electron chi connectivity index (χ2n) is 6.77. The fraction of sp³-hybridized carbons (Fsp3) is 0.200. The van der Waals surface area contributed by atoms with Crippen molar-refractivity contribution in [3.05, 3.63) is 62.7 Å². The van der Waals surface area contributed by atoms with Crippen molar-refractivity contribution in [2.75, 3.05) is 0 Å². The van der Waals surface area contributed by atoms with Crippen molar-refractivity contribution < 1.29 is 14.7 Å². The lowest BCUT2D eigenvalue weighted by Crippen LogP contribution is -2.32. The van der Waals surface area contributed by atoms with Crippen LogP contribution in [-0.2, 0) is 11.3 Å². The van der Waals surface area contributed by atoms with Gasteiger partial charge in [-0.25, -0.2) is 0 Å². The Labute approximate surface area is 175 Å². The average Bonchev–Trinajstić information content (AvgIpc) is 3.41. The third-order valence-corrected chi connectivity index (χ3v) is 5.65. The third-order valence-electron chi connectivity index (χ3n) is 4.67. The van der Waals surface area contributed by atoms with Crippen LogP contribution in [0.2, 0.25) is 15.2 Å². The first kappa shape index (κ1) is 19.1.